The van der Waals surface area contributed by atoms with Gasteiger partial charge in [0.25, 0.3) is 5.91 Å². The highest BCUT2D eigenvalue weighted by molar-refractivity contribution is 5.83. The highest BCUT2D eigenvalue weighted by atomic mass is 16.6. The van der Waals surface area contributed by atoms with Gasteiger partial charge in [-0.3, -0.25) is 9.59 Å². The Morgan fingerprint density at radius 2 is 1.67 bits per heavy atom. The summed E-state index contributed by atoms with van der Waals surface area (Å²) in [6.45, 7) is 2.37. The normalized spacial score (nSPS) is 11.3. The molecule has 0 saturated heterocycles. The molecule has 2 aromatic rings. The first-order chi connectivity index (χ1) is 13.1. The maximum absolute atomic E-state index is 12.2. The van der Waals surface area contributed by atoms with Crippen LogP contribution in [-0.4, -0.2) is 31.7 Å². The van der Waals surface area contributed by atoms with Gasteiger partial charge in [-0.25, -0.2) is 0 Å². The average Bonchev–Trinajstić information content (AvgIpc) is 2.71. The van der Waals surface area contributed by atoms with Crippen molar-refractivity contribution in [3.05, 3.63) is 60.2 Å². The van der Waals surface area contributed by atoms with Gasteiger partial charge in [-0.1, -0.05) is 37.3 Å². The number of nitrogens with one attached hydrogen (secondary N) is 1. The number of carbonyl (C=O) groups excluding carboxylic acids is 2. The molecule has 6 nitrogen and oxygen atoms in total. The fourth-order valence-electron chi connectivity index (χ4n) is 2.36. The molecule has 0 aliphatic rings. The summed E-state index contributed by atoms with van der Waals surface area (Å²) in [6, 6.07) is 16.6. The second-order valence-corrected chi connectivity index (χ2v) is 5.86. The first-order valence-electron chi connectivity index (χ1n) is 8.90. The zero-order valence-electron chi connectivity index (χ0n) is 15.6. The summed E-state index contributed by atoms with van der Waals surface area (Å²) in [7, 11) is 1.59. The number of amides is 1. The van der Waals surface area contributed by atoms with Crippen LogP contribution in [0.4, 0.5) is 0 Å². The van der Waals surface area contributed by atoms with Gasteiger partial charge in [-0.05, 0) is 36.2 Å². The number of benzene rings is 2. The molecule has 144 valence electrons. The van der Waals surface area contributed by atoms with E-state index in [1.807, 2.05) is 30.3 Å². The van der Waals surface area contributed by atoms with Crippen LogP contribution in [-0.2, 0) is 20.9 Å². The second kappa shape index (κ2) is 10.9. The monoisotopic (exact) mass is 371 g/mol. The van der Waals surface area contributed by atoms with Gasteiger partial charge in [0.1, 0.15) is 11.5 Å². The molecule has 1 unspecified atom stereocenters. The SMILES string of the molecule is CCC(OC(=O)CCOc1ccc(OC)cc1)C(=O)NCc1ccccc1. The maximum atomic E-state index is 12.2. The fraction of sp³-hybridized carbons (Fsp3) is 0.333. The minimum Gasteiger partial charge on any atom is -0.497 e. The molecule has 2 aromatic carbocycles. The Labute approximate surface area is 159 Å². The van der Waals surface area contributed by atoms with E-state index in [0.717, 1.165) is 11.3 Å². The van der Waals surface area contributed by atoms with E-state index in [-0.39, 0.29) is 18.9 Å². The van der Waals surface area contributed by atoms with Crippen LogP contribution in [0, 0.1) is 0 Å². The summed E-state index contributed by atoms with van der Waals surface area (Å²) in [6.07, 6.45) is -0.331. The minimum atomic E-state index is -0.804. The Bertz CT molecular complexity index is 715. The molecule has 1 N–H and O–H groups in total. The van der Waals surface area contributed by atoms with Crippen LogP contribution in [0.2, 0.25) is 0 Å². The standard InChI is InChI=1S/C21H25NO5/c1-3-19(21(24)22-15-16-7-5-4-6-8-16)27-20(23)13-14-26-18-11-9-17(25-2)10-12-18/h4-12,19H,3,13-15H2,1-2H3,(H,22,24). The summed E-state index contributed by atoms with van der Waals surface area (Å²) >= 11 is 0. The predicted octanol–water partition coefficient (Wildman–Crippen LogP) is 3.10. The van der Waals surface area contributed by atoms with E-state index >= 15 is 0 Å². The van der Waals surface area contributed by atoms with Gasteiger partial charge >= 0.3 is 5.97 Å². The molecule has 0 aliphatic carbocycles. The highest BCUT2D eigenvalue weighted by Crippen LogP contribution is 2.17. The molecular formula is C21H25NO5. The number of hydrogen-bond donors (Lipinski definition) is 1. The Hall–Kier alpha value is -3.02. The lowest BCUT2D eigenvalue weighted by molar-refractivity contribution is -0.156. The molecule has 0 saturated carbocycles. The maximum Gasteiger partial charge on any atom is 0.310 e. The van der Waals surface area contributed by atoms with Gasteiger partial charge in [-0.15, -0.1) is 0 Å². The van der Waals surface area contributed by atoms with Gasteiger partial charge in [0.2, 0.25) is 0 Å². The average molecular weight is 371 g/mol. The lowest BCUT2D eigenvalue weighted by Crippen LogP contribution is -2.37. The van der Waals surface area contributed by atoms with Crippen molar-refractivity contribution in [2.45, 2.75) is 32.4 Å². The summed E-state index contributed by atoms with van der Waals surface area (Å²) in [5, 5.41) is 2.79. The summed E-state index contributed by atoms with van der Waals surface area (Å²) in [5.74, 6) is 0.598. The number of esters is 1. The molecule has 2 rings (SSSR count). The number of rotatable bonds is 10. The quantitative estimate of drug-likeness (QED) is 0.650. The molecule has 1 atom stereocenters. The van der Waals surface area contributed by atoms with Crippen LogP contribution in [0.25, 0.3) is 0 Å². The fourth-order valence-corrected chi connectivity index (χ4v) is 2.36. The molecule has 0 heterocycles. The third kappa shape index (κ3) is 7.01. The molecule has 0 bridgehead atoms. The summed E-state index contributed by atoms with van der Waals surface area (Å²) < 4.78 is 15.8. The van der Waals surface area contributed by atoms with Crippen LogP contribution < -0.4 is 14.8 Å². The lowest BCUT2D eigenvalue weighted by atomic mass is 10.2. The smallest absolute Gasteiger partial charge is 0.310 e. The molecule has 27 heavy (non-hydrogen) atoms. The van der Waals surface area contributed by atoms with E-state index in [0.29, 0.717) is 18.7 Å². The summed E-state index contributed by atoms with van der Waals surface area (Å²) in [5.41, 5.74) is 0.986. The second-order valence-electron chi connectivity index (χ2n) is 5.86. The van der Waals surface area contributed by atoms with Crippen LogP contribution >= 0.6 is 0 Å². The largest absolute Gasteiger partial charge is 0.497 e. The Morgan fingerprint density at radius 3 is 2.30 bits per heavy atom. The van der Waals surface area contributed by atoms with E-state index < -0.39 is 12.1 Å². The number of ether oxygens (including phenoxy) is 3. The molecule has 0 spiro atoms. The van der Waals surface area contributed by atoms with Crippen molar-refractivity contribution < 1.29 is 23.8 Å². The van der Waals surface area contributed by atoms with Gasteiger partial charge in [0, 0.05) is 6.54 Å². The Morgan fingerprint density at radius 1 is 1.00 bits per heavy atom. The molecule has 0 aliphatic heterocycles. The topological polar surface area (TPSA) is 73.9 Å². The Kier molecular flexibility index (Phi) is 8.16. The molecule has 0 fully saturated rings. The molecule has 0 radical (unpaired) electrons. The number of carbonyl (C=O) groups is 2. The van der Waals surface area contributed by atoms with E-state index in [4.69, 9.17) is 14.2 Å². The van der Waals surface area contributed by atoms with Crippen LogP contribution in [0.5, 0.6) is 11.5 Å². The number of hydrogen-bond acceptors (Lipinski definition) is 5. The van der Waals surface area contributed by atoms with Crippen molar-refractivity contribution in [2.24, 2.45) is 0 Å². The van der Waals surface area contributed by atoms with Gasteiger partial charge in [0.15, 0.2) is 6.10 Å². The third-order valence-corrected chi connectivity index (χ3v) is 3.88. The van der Waals surface area contributed by atoms with Crippen LogP contribution in [0.3, 0.4) is 0 Å². The minimum absolute atomic E-state index is 0.0640. The van der Waals surface area contributed by atoms with Gasteiger partial charge in [-0.2, -0.15) is 0 Å². The van der Waals surface area contributed by atoms with Crippen molar-refractivity contribution in [1.29, 1.82) is 0 Å². The molecule has 6 heteroatoms. The van der Waals surface area contributed by atoms with Crippen molar-refractivity contribution >= 4 is 11.9 Å². The van der Waals surface area contributed by atoms with E-state index in [2.05, 4.69) is 5.32 Å². The summed E-state index contributed by atoms with van der Waals surface area (Å²) in [4.78, 5) is 24.2. The van der Waals surface area contributed by atoms with Crippen LogP contribution in [0.15, 0.2) is 54.6 Å². The molecular weight excluding hydrogens is 346 g/mol. The highest BCUT2D eigenvalue weighted by Gasteiger charge is 2.20. The lowest BCUT2D eigenvalue weighted by Gasteiger charge is -2.16. The first-order valence-corrected chi connectivity index (χ1v) is 8.90. The van der Waals surface area contributed by atoms with E-state index in [9.17, 15) is 9.59 Å². The van der Waals surface area contributed by atoms with Crippen LogP contribution in [0.1, 0.15) is 25.3 Å². The zero-order valence-corrected chi connectivity index (χ0v) is 15.6. The van der Waals surface area contributed by atoms with Crippen molar-refractivity contribution in [3.63, 3.8) is 0 Å². The van der Waals surface area contributed by atoms with E-state index in [1.54, 1.807) is 38.3 Å². The van der Waals surface area contributed by atoms with Gasteiger partial charge in [0.05, 0.1) is 20.1 Å². The Balaban J connectivity index is 1.72. The zero-order chi connectivity index (χ0) is 19.5. The number of methoxy groups -OCH3 is 1. The molecule has 0 aromatic heterocycles. The molecule has 1 amide bonds. The predicted molar refractivity (Wildman–Crippen MR) is 102 cm³/mol. The van der Waals surface area contributed by atoms with Gasteiger partial charge < -0.3 is 19.5 Å². The van der Waals surface area contributed by atoms with E-state index in [1.165, 1.54) is 0 Å². The first kappa shape index (κ1) is 20.3. The van der Waals surface area contributed by atoms with Crippen molar-refractivity contribution in [1.82, 2.24) is 5.32 Å². The van der Waals surface area contributed by atoms with Crippen molar-refractivity contribution in [3.8, 4) is 11.5 Å². The van der Waals surface area contributed by atoms with Crippen molar-refractivity contribution in [2.75, 3.05) is 13.7 Å². The third-order valence-electron chi connectivity index (χ3n) is 3.88.